The molecule has 26 heavy (non-hydrogen) atoms. The van der Waals surface area contributed by atoms with E-state index >= 15 is 0 Å². The zero-order valence-electron chi connectivity index (χ0n) is 13.6. The maximum atomic E-state index is 12.7. The average Bonchev–Trinajstić information content (AvgIpc) is 2.89. The van der Waals surface area contributed by atoms with Gasteiger partial charge in [-0.15, -0.1) is 0 Å². The number of thioether (sulfide) groups is 1. The third kappa shape index (κ3) is 3.58. The molecule has 7 heteroatoms. The Hall–Kier alpha value is -2.77. The molecule has 0 aliphatic carbocycles. The van der Waals surface area contributed by atoms with Gasteiger partial charge < -0.3 is 9.90 Å². The highest BCUT2D eigenvalue weighted by atomic mass is 32.2. The second kappa shape index (κ2) is 7.23. The molecule has 0 spiro atoms. The zero-order chi connectivity index (χ0) is 18.8. The third-order valence-electron chi connectivity index (χ3n) is 3.75. The van der Waals surface area contributed by atoms with Crippen LogP contribution in [0.5, 0.6) is 0 Å². The molecule has 0 bridgehead atoms. The predicted molar refractivity (Wildman–Crippen MR) is 103 cm³/mol. The van der Waals surface area contributed by atoms with Gasteiger partial charge >= 0.3 is 0 Å². The summed E-state index contributed by atoms with van der Waals surface area (Å²) in [5, 5.41) is 10.8. The van der Waals surface area contributed by atoms with Crippen LogP contribution in [0.4, 0.5) is 5.69 Å². The highest BCUT2D eigenvalue weighted by molar-refractivity contribution is 8.27. The van der Waals surface area contributed by atoms with Gasteiger partial charge in [-0.1, -0.05) is 60.4 Å². The van der Waals surface area contributed by atoms with Crippen molar-refractivity contribution in [3.8, 4) is 0 Å². The monoisotopic (exact) mass is 382 g/mol. The second-order valence-electron chi connectivity index (χ2n) is 5.53. The average molecular weight is 382 g/mol. The van der Waals surface area contributed by atoms with E-state index in [4.69, 9.17) is 12.2 Å². The summed E-state index contributed by atoms with van der Waals surface area (Å²) in [4.78, 5) is 36.9. The fraction of sp³-hybridized carbons (Fsp3) is 0.0526. The largest absolute Gasteiger partial charge is 0.545 e. The molecule has 0 saturated carbocycles. The number of aromatic carboxylic acids is 1. The van der Waals surface area contributed by atoms with Gasteiger partial charge in [-0.25, -0.2) is 0 Å². The Labute approximate surface area is 159 Å². The van der Waals surface area contributed by atoms with Gasteiger partial charge in [0.25, 0.3) is 5.91 Å². The lowest BCUT2D eigenvalue weighted by atomic mass is 10.1. The standard InChI is InChI=1S/C19H13NO4S2/c1-11(21)14-3-2-4-15(10-14)20-17(22)16(26-19(20)25)9-12-5-7-13(8-6-12)18(23)24/h2-10H,1H3,(H,23,24)/p-1/b16-9-. The van der Waals surface area contributed by atoms with E-state index < -0.39 is 5.97 Å². The number of hydrogen-bond donors (Lipinski definition) is 0. The van der Waals surface area contributed by atoms with Crippen LogP contribution in [0.15, 0.2) is 53.4 Å². The Morgan fingerprint density at radius 3 is 2.42 bits per heavy atom. The molecule has 1 heterocycles. The lowest BCUT2D eigenvalue weighted by molar-refractivity contribution is -0.255. The van der Waals surface area contributed by atoms with Crippen molar-refractivity contribution in [3.63, 3.8) is 0 Å². The van der Waals surface area contributed by atoms with Gasteiger partial charge in [-0.2, -0.15) is 0 Å². The number of carbonyl (C=O) groups excluding carboxylic acids is 3. The summed E-state index contributed by atoms with van der Waals surface area (Å²) >= 11 is 6.46. The first-order valence-corrected chi connectivity index (χ1v) is 8.79. The van der Waals surface area contributed by atoms with Crippen molar-refractivity contribution in [1.29, 1.82) is 0 Å². The Bertz CT molecular complexity index is 964. The first-order chi connectivity index (χ1) is 12.4. The van der Waals surface area contributed by atoms with Crippen molar-refractivity contribution in [2.45, 2.75) is 6.92 Å². The number of Topliss-reactive ketones (excluding diaryl/α,β-unsaturated/α-hetero) is 1. The van der Waals surface area contributed by atoms with Crippen molar-refractivity contribution in [2.75, 3.05) is 4.90 Å². The minimum Gasteiger partial charge on any atom is -0.545 e. The first-order valence-electron chi connectivity index (χ1n) is 7.57. The fourth-order valence-electron chi connectivity index (χ4n) is 2.42. The number of benzene rings is 2. The predicted octanol–water partition coefficient (Wildman–Crippen LogP) is 2.66. The van der Waals surface area contributed by atoms with Gasteiger partial charge in [-0.05, 0) is 36.3 Å². The molecule has 0 atom stereocenters. The zero-order valence-corrected chi connectivity index (χ0v) is 15.2. The second-order valence-corrected chi connectivity index (χ2v) is 7.21. The Morgan fingerprint density at radius 1 is 1.12 bits per heavy atom. The molecule has 1 aliphatic heterocycles. The molecular formula is C19H12NO4S2-. The summed E-state index contributed by atoms with van der Waals surface area (Å²) in [6, 6.07) is 12.7. The van der Waals surface area contributed by atoms with E-state index in [0.717, 1.165) is 11.8 Å². The van der Waals surface area contributed by atoms with Crippen LogP contribution < -0.4 is 10.0 Å². The molecule has 3 rings (SSSR count). The summed E-state index contributed by atoms with van der Waals surface area (Å²) in [6.45, 7) is 1.46. The van der Waals surface area contributed by atoms with Crippen molar-refractivity contribution in [1.82, 2.24) is 0 Å². The maximum absolute atomic E-state index is 12.7. The number of hydrogen-bond acceptors (Lipinski definition) is 6. The number of carboxylic acid groups (broad SMARTS) is 1. The Balaban J connectivity index is 1.90. The molecule has 0 unspecified atom stereocenters. The molecule has 1 aliphatic rings. The number of nitrogens with zero attached hydrogens (tertiary/aromatic N) is 1. The summed E-state index contributed by atoms with van der Waals surface area (Å²) in [6.07, 6.45) is 1.65. The lowest BCUT2D eigenvalue weighted by Crippen LogP contribution is -2.27. The quantitative estimate of drug-likeness (QED) is 0.460. The van der Waals surface area contributed by atoms with Crippen LogP contribution in [-0.2, 0) is 4.79 Å². The van der Waals surface area contributed by atoms with Crippen molar-refractivity contribution < 1.29 is 19.5 Å². The third-order valence-corrected chi connectivity index (χ3v) is 5.05. The Kier molecular flexibility index (Phi) is 5.01. The maximum Gasteiger partial charge on any atom is 0.270 e. The molecule has 2 aromatic rings. The van der Waals surface area contributed by atoms with Crippen LogP contribution in [0.2, 0.25) is 0 Å². The van der Waals surface area contributed by atoms with E-state index in [0.29, 0.717) is 26.0 Å². The number of amides is 1. The molecule has 1 saturated heterocycles. The van der Waals surface area contributed by atoms with Crippen molar-refractivity contribution in [3.05, 3.63) is 70.1 Å². The smallest absolute Gasteiger partial charge is 0.270 e. The van der Waals surface area contributed by atoms with Gasteiger partial charge in [0.15, 0.2) is 10.1 Å². The van der Waals surface area contributed by atoms with Crippen molar-refractivity contribution >= 4 is 57.7 Å². The van der Waals surface area contributed by atoms with E-state index in [2.05, 4.69) is 0 Å². The van der Waals surface area contributed by atoms with Gasteiger partial charge in [0.1, 0.15) is 0 Å². The summed E-state index contributed by atoms with van der Waals surface area (Å²) in [5.41, 5.74) is 1.78. The van der Waals surface area contributed by atoms with Crippen LogP contribution >= 0.6 is 24.0 Å². The molecule has 1 fully saturated rings. The van der Waals surface area contributed by atoms with E-state index in [-0.39, 0.29) is 17.3 Å². The minimum absolute atomic E-state index is 0.0655. The van der Waals surface area contributed by atoms with E-state index in [1.54, 1.807) is 42.5 Å². The lowest BCUT2D eigenvalue weighted by Gasteiger charge is -2.15. The Morgan fingerprint density at radius 2 is 1.81 bits per heavy atom. The number of thiocarbonyl (C=S) groups is 1. The highest BCUT2D eigenvalue weighted by Gasteiger charge is 2.33. The molecule has 0 aromatic heterocycles. The number of carboxylic acids is 1. The van der Waals surface area contributed by atoms with Crippen LogP contribution in [0.3, 0.4) is 0 Å². The van der Waals surface area contributed by atoms with Gasteiger partial charge in [0.05, 0.1) is 16.6 Å². The van der Waals surface area contributed by atoms with Crippen molar-refractivity contribution in [2.24, 2.45) is 0 Å². The normalized spacial score (nSPS) is 15.6. The molecule has 130 valence electrons. The van der Waals surface area contributed by atoms with E-state index in [1.165, 1.54) is 24.0 Å². The molecule has 0 N–H and O–H groups in total. The molecule has 2 aromatic carbocycles. The topological polar surface area (TPSA) is 77.5 Å². The number of rotatable bonds is 4. The van der Waals surface area contributed by atoms with Gasteiger partial charge in [0.2, 0.25) is 0 Å². The molecule has 5 nitrogen and oxygen atoms in total. The van der Waals surface area contributed by atoms with Crippen LogP contribution in [0.25, 0.3) is 6.08 Å². The van der Waals surface area contributed by atoms with E-state index in [1.807, 2.05) is 0 Å². The molecule has 1 amide bonds. The SMILES string of the molecule is CC(=O)c1cccc(N2C(=O)/C(=C/c3ccc(C(=O)[O-])cc3)SC2=S)c1. The van der Waals surface area contributed by atoms with Crippen LogP contribution in [0.1, 0.15) is 33.2 Å². The molecular weight excluding hydrogens is 370 g/mol. The van der Waals surface area contributed by atoms with Crippen LogP contribution in [0, 0.1) is 0 Å². The molecule has 0 radical (unpaired) electrons. The summed E-state index contributed by atoms with van der Waals surface area (Å²) < 4.78 is 0.369. The van der Waals surface area contributed by atoms with Gasteiger partial charge in [0, 0.05) is 5.56 Å². The van der Waals surface area contributed by atoms with Crippen LogP contribution in [-0.4, -0.2) is 22.0 Å². The van der Waals surface area contributed by atoms with E-state index in [9.17, 15) is 19.5 Å². The fourth-order valence-corrected chi connectivity index (χ4v) is 3.72. The first kappa shape index (κ1) is 18.0. The minimum atomic E-state index is -1.26. The van der Waals surface area contributed by atoms with Gasteiger partial charge in [-0.3, -0.25) is 14.5 Å². The number of ketones is 1. The number of carbonyl (C=O) groups is 3. The number of anilines is 1. The summed E-state index contributed by atoms with van der Waals surface area (Å²) in [5.74, 6) is -1.64. The summed E-state index contributed by atoms with van der Waals surface area (Å²) in [7, 11) is 0. The highest BCUT2D eigenvalue weighted by Crippen LogP contribution is 2.36.